The van der Waals surface area contributed by atoms with E-state index < -0.39 is 0 Å². The van der Waals surface area contributed by atoms with E-state index in [4.69, 9.17) is 0 Å². The van der Waals surface area contributed by atoms with E-state index in [1.165, 1.54) is 12.1 Å². The molecule has 0 bridgehead atoms. The average Bonchev–Trinajstić information content (AvgIpc) is 2.91. The van der Waals surface area contributed by atoms with Crippen molar-refractivity contribution in [2.75, 3.05) is 26.2 Å². The zero-order valence-corrected chi connectivity index (χ0v) is 17.6. The first-order valence-electron chi connectivity index (χ1n) is 9.94. The molecule has 1 aliphatic rings. The first-order valence-corrected chi connectivity index (χ1v) is 9.94. The van der Waals surface area contributed by atoms with Gasteiger partial charge in [0.05, 0.1) is 10.6 Å². The van der Waals surface area contributed by atoms with Gasteiger partial charge in [0, 0.05) is 57.3 Å². The molecule has 0 unspecified atom stereocenters. The van der Waals surface area contributed by atoms with Crippen LogP contribution in [0.4, 0.5) is 5.69 Å². The number of aryl methyl sites for hydroxylation is 1. The molecule has 0 atom stereocenters. The molecule has 2 heterocycles. The Labute approximate surface area is 171 Å². The number of benzene rings is 1. The molecule has 0 N–H and O–H groups in total. The number of hydrogen-bond acceptors (Lipinski definition) is 5. The normalized spacial score (nSPS) is 15.9. The van der Waals surface area contributed by atoms with Crippen LogP contribution in [0.1, 0.15) is 48.9 Å². The molecule has 1 fully saturated rings. The Morgan fingerprint density at radius 3 is 2.41 bits per heavy atom. The van der Waals surface area contributed by atoms with Crippen LogP contribution in [0.25, 0.3) is 0 Å². The summed E-state index contributed by atoms with van der Waals surface area (Å²) < 4.78 is 1.68. The highest BCUT2D eigenvalue weighted by Crippen LogP contribution is 2.22. The molecule has 1 aromatic heterocycles. The smallest absolute Gasteiger partial charge is 0.272 e. The molecule has 1 aliphatic heterocycles. The van der Waals surface area contributed by atoms with Gasteiger partial charge in [-0.3, -0.25) is 24.5 Å². The fourth-order valence-electron chi connectivity index (χ4n) is 3.51. The third kappa shape index (κ3) is 5.00. The number of amides is 1. The monoisotopic (exact) mass is 399 g/mol. The fourth-order valence-corrected chi connectivity index (χ4v) is 3.51. The minimum Gasteiger partial charge on any atom is -0.336 e. The Balaban J connectivity index is 1.63. The van der Waals surface area contributed by atoms with E-state index in [2.05, 4.69) is 30.8 Å². The van der Waals surface area contributed by atoms with E-state index in [1.54, 1.807) is 16.8 Å². The second kappa shape index (κ2) is 8.32. The maximum atomic E-state index is 13.1. The van der Waals surface area contributed by atoms with Gasteiger partial charge in [-0.05, 0) is 18.1 Å². The molecule has 1 aromatic carbocycles. The summed E-state index contributed by atoms with van der Waals surface area (Å²) in [5.41, 5.74) is 2.58. The van der Waals surface area contributed by atoms with Gasteiger partial charge in [-0.2, -0.15) is 5.10 Å². The predicted octanol–water partition coefficient (Wildman–Crippen LogP) is 2.97. The van der Waals surface area contributed by atoms with E-state index in [1.807, 2.05) is 18.0 Å². The largest absolute Gasteiger partial charge is 0.336 e. The minimum absolute atomic E-state index is 0.0210. The number of hydrogen-bond donors (Lipinski definition) is 0. The van der Waals surface area contributed by atoms with Crippen LogP contribution in [0.2, 0.25) is 0 Å². The van der Waals surface area contributed by atoms with Gasteiger partial charge in [0.25, 0.3) is 11.6 Å². The number of carbonyl (C=O) groups is 1. The molecule has 3 rings (SSSR count). The lowest BCUT2D eigenvalue weighted by atomic mass is 9.92. The quantitative estimate of drug-likeness (QED) is 0.583. The molecule has 0 saturated carbocycles. The topological polar surface area (TPSA) is 84.5 Å². The van der Waals surface area contributed by atoms with Crippen LogP contribution < -0.4 is 0 Å². The summed E-state index contributed by atoms with van der Waals surface area (Å²) in [6.45, 7) is 10.0. The van der Waals surface area contributed by atoms with Gasteiger partial charge in [-0.1, -0.05) is 32.9 Å². The van der Waals surface area contributed by atoms with Crippen LogP contribution in [0, 0.1) is 10.1 Å². The summed E-state index contributed by atoms with van der Waals surface area (Å²) in [5.74, 6) is 0.0210. The Bertz CT molecular complexity index is 883. The van der Waals surface area contributed by atoms with Crippen molar-refractivity contribution in [3.05, 3.63) is 57.4 Å². The maximum absolute atomic E-state index is 13.1. The molecule has 156 valence electrons. The number of nitro groups is 1. The molecular weight excluding hydrogens is 370 g/mol. The SMILES string of the molecule is Cn1nc(C(C)(C)C)cc1C(=O)N1CCCN(Cc2ccc([N+](=O)[O-])cc2)CC1. The van der Waals surface area contributed by atoms with Gasteiger partial charge in [-0.25, -0.2) is 0 Å². The number of aromatic nitrogens is 2. The highest BCUT2D eigenvalue weighted by Gasteiger charge is 2.26. The standard InChI is InChI=1S/C21H29N5O3/c1-21(2,3)19-14-18(23(4)22-19)20(27)25-11-5-10-24(12-13-25)15-16-6-8-17(9-7-16)26(28)29/h6-9,14H,5,10-13,15H2,1-4H3. The first-order chi connectivity index (χ1) is 13.6. The zero-order chi connectivity index (χ0) is 21.2. The lowest BCUT2D eigenvalue weighted by Gasteiger charge is -2.22. The summed E-state index contributed by atoms with van der Waals surface area (Å²) in [6.07, 6.45) is 0.892. The third-order valence-corrected chi connectivity index (χ3v) is 5.30. The summed E-state index contributed by atoms with van der Waals surface area (Å²) in [6, 6.07) is 8.59. The van der Waals surface area contributed by atoms with Crippen molar-refractivity contribution in [2.24, 2.45) is 7.05 Å². The van der Waals surface area contributed by atoms with Gasteiger partial charge < -0.3 is 4.90 Å². The lowest BCUT2D eigenvalue weighted by Crippen LogP contribution is -2.36. The second-order valence-corrected chi connectivity index (χ2v) is 8.63. The van der Waals surface area contributed by atoms with E-state index in [0.717, 1.165) is 37.3 Å². The average molecular weight is 399 g/mol. The molecule has 1 saturated heterocycles. The lowest BCUT2D eigenvalue weighted by molar-refractivity contribution is -0.384. The molecule has 8 heteroatoms. The molecule has 8 nitrogen and oxygen atoms in total. The molecular formula is C21H29N5O3. The summed E-state index contributed by atoms with van der Waals surface area (Å²) in [4.78, 5) is 27.7. The van der Waals surface area contributed by atoms with Gasteiger partial charge >= 0.3 is 0 Å². The van der Waals surface area contributed by atoms with Crippen molar-refractivity contribution in [3.63, 3.8) is 0 Å². The van der Waals surface area contributed by atoms with Crippen LogP contribution in [0.5, 0.6) is 0 Å². The Kier molecular flexibility index (Phi) is 6.02. The molecule has 0 spiro atoms. The minimum atomic E-state index is -0.386. The number of non-ortho nitro benzene ring substituents is 1. The summed E-state index contributed by atoms with van der Waals surface area (Å²) in [5, 5.41) is 15.3. The number of rotatable bonds is 4. The summed E-state index contributed by atoms with van der Waals surface area (Å²) >= 11 is 0. The molecule has 1 amide bonds. The van der Waals surface area contributed by atoms with Crippen molar-refractivity contribution in [1.82, 2.24) is 19.6 Å². The fraction of sp³-hybridized carbons (Fsp3) is 0.524. The summed E-state index contributed by atoms with van der Waals surface area (Å²) in [7, 11) is 1.82. The predicted molar refractivity (Wildman–Crippen MR) is 111 cm³/mol. The van der Waals surface area contributed by atoms with Crippen molar-refractivity contribution in [3.8, 4) is 0 Å². The van der Waals surface area contributed by atoms with Crippen LogP contribution in [0.3, 0.4) is 0 Å². The molecule has 0 aliphatic carbocycles. The zero-order valence-electron chi connectivity index (χ0n) is 17.6. The van der Waals surface area contributed by atoms with E-state index in [9.17, 15) is 14.9 Å². The Morgan fingerprint density at radius 2 is 1.83 bits per heavy atom. The Hall–Kier alpha value is -2.74. The van der Waals surface area contributed by atoms with Gasteiger partial charge in [0.2, 0.25) is 0 Å². The highest BCUT2D eigenvalue weighted by atomic mass is 16.6. The second-order valence-electron chi connectivity index (χ2n) is 8.63. The van der Waals surface area contributed by atoms with Crippen LogP contribution in [0.15, 0.2) is 30.3 Å². The number of nitro benzene ring substituents is 1. The van der Waals surface area contributed by atoms with Gasteiger partial charge in [0.15, 0.2) is 0 Å². The van der Waals surface area contributed by atoms with E-state index >= 15 is 0 Å². The maximum Gasteiger partial charge on any atom is 0.272 e. The number of carbonyl (C=O) groups excluding carboxylic acids is 1. The van der Waals surface area contributed by atoms with E-state index in [-0.39, 0.29) is 21.9 Å². The molecule has 29 heavy (non-hydrogen) atoms. The van der Waals surface area contributed by atoms with Gasteiger partial charge in [0.1, 0.15) is 5.69 Å². The van der Waals surface area contributed by atoms with Crippen molar-refractivity contribution in [2.45, 2.75) is 39.2 Å². The van der Waals surface area contributed by atoms with Crippen LogP contribution in [-0.2, 0) is 19.0 Å². The number of nitrogens with zero attached hydrogens (tertiary/aromatic N) is 5. The Morgan fingerprint density at radius 1 is 1.14 bits per heavy atom. The third-order valence-electron chi connectivity index (χ3n) is 5.30. The highest BCUT2D eigenvalue weighted by molar-refractivity contribution is 5.92. The first kappa shape index (κ1) is 21.0. The van der Waals surface area contributed by atoms with Crippen molar-refractivity contribution < 1.29 is 9.72 Å². The van der Waals surface area contributed by atoms with Crippen LogP contribution >= 0.6 is 0 Å². The molecule has 0 radical (unpaired) electrons. The van der Waals surface area contributed by atoms with Crippen LogP contribution in [-0.4, -0.2) is 56.6 Å². The van der Waals surface area contributed by atoms with Crippen molar-refractivity contribution >= 4 is 11.6 Å². The van der Waals surface area contributed by atoms with Crippen molar-refractivity contribution in [1.29, 1.82) is 0 Å². The molecule has 2 aromatic rings. The van der Waals surface area contributed by atoms with E-state index in [0.29, 0.717) is 18.8 Å². The van der Waals surface area contributed by atoms with Gasteiger partial charge in [-0.15, -0.1) is 0 Å².